The lowest BCUT2D eigenvalue weighted by Gasteiger charge is -2.29. The standard InChI is InChI=1S/C20H27N3O4/c1-5-14(4)23(19(24)10-13(2)3)9-8-18-21-20(22-27-18)15-6-7-16-17(11-15)26-12-25-16/h6-7,11,13-14H,5,8-10,12H2,1-4H3. The Morgan fingerprint density at radius 3 is 2.74 bits per heavy atom. The first kappa shape index (κ1) is 19.2. The van der Waals surface area contributed by atoms with Crippen LogP contribution < -0.4 is 9.47 Å². The fourth-order valence-corrected chi connectivity index (χ4v) is 3.00. The lowest BCUT2D eigenvalue weighted by atomic mass is 10.1. The quantitative estimate of drug-likeness (QED) is 0.702. The number of hydrogen-bond acceptors (Lipinski definition) is 6. The van der Waals surface area contributed by atoms with E-state index in [2.05, 4.69) is 37.8 Å². The number of benzene rings is 1. The highest BCUT2D eigenvalue weighted by Crippen LogP contribution is 2.35. The number of hydrogen-bond donors (Lipinski definition) is 0. The van der Waals surface area contributed by atoms with Gasteiger partial charge in [0.05, 0.1) is 0 Å². The zero-order valence-electron chi connectivity index (χ0n) is 16.4. The number of amides is 1. The van der Waals surface area contributed by atoms with Gasteiger partial charge >= 0.3 is 0 Å². The Morgan fingerprint density at radius 1 is 1.22 bits per heavy atom. The minimum atomic E-state index is 0.176. The molecule has 27 heavy (non-hydrogen) atoms. The Morgan fingerprint density at radius 2 is 2.00 bits per heavy atom. The summed E-state index contributed by atoms with van der Waals surface area (Å²) in [6.07, 6.45) is 2.00. The third-order valence-corrected chi connectivity index (χ3v) is 4.69. The Balaban J connectivity index is 1.66. The van der Waals surface area contributed by atoms with E-state index in [1.807, 2.05) is 23.1 Å². The Bertz CT molecular complexity index is 787. The van der Waals surface area contributed by atoms with E-state index in [0.29, 0.717) is 42.8 Å². The molecule has 1 aromatic heterocycles. The second-order valence-corrected chi connectivity index (χ2v) is 7.27. The zero-order chi connectivity index (χ0) is 19.4. The lowest BCUT2D eigenvalue weighted by Crippen LogP contribution is -2.40. The van der Waals surface area contributed by atoms with Crippen LogP contribution in [0.25, 0.3) is 11.4 Å². The molecule has 0 fully saturated rings. The fourth-order valence-electron chi connectivity index (χ4n) is 3.00. The van der Waals surface area contributed by atoms with Crippen LogP contribution in [0.4, 0.5) is 0 Å². The van der Waals surface area contributed by atoms with Crippen molar-refractivity contribution in [3.63, 3.8) is 0 Å². The first-order chi connectivity index (χ1) is 13.0. The molecule has 1 atom stereocenters. The lowest BCUT2D eigenvalue weighted by molar-refractivity contribution is -0.134. The van der Waals surface area contributed by atoms with Gasteiger partial charge in [-0.25, -0.2) is 0 Å². The van der Waals surface area contributed by atoms with E-state index in [4.69, 9.17) is 14.0 Å². The maximum atomic E-state index is 12.5. The molecule has 7 nitrogen and oxygen atoms in total. The summed E-state index contributed by atoms with van der Waals surface area (Å²) in [7, 11) is 0. The number of fused-ring (bicyclic) bond motifs is 1. The minimum Gasteiger partial charge on any atom is -0.454 e. The van der Waals surface area contributed by atoms with Crippen molar-refractivity contribution < 1.29 is 18.8 Å². The molecule has 0 saturated heterocycles. The summed E-state index contributed by atoms with van der Waals surface area (Å²) in [6, 6.07) is 5.74. The van der Waals surface area contributed by atoms with Crippen molar-refractivity contribution in [3.05, 3.63) is 24.1 Å². The number of nitrogens with zero attached hydrogens (tertiary/aromatic N) is 3. The average molecular weight is 373 g/mol. The normalized spacial score (nSPS) is 13.8. The number of carbonyl (C=O) groups is 1. The molecular weight excluding hydrogens is 346 g/mol. The van der Waals surface area contributed by atoms with E-state index in [1.165, 1.54) is 0 Å². The maximum absolute atomic E-state index is 12.5. The van der Waals surface area contributed by atoms with Crippen molar-refractivity contribution >= 4 is 5.91 Å². The van der Waals surface area contributed by atoms with E-state index in [-0.39, 0.29) is 18.7 Å². The Labute approximate surface area is 159 Å². The average Bonchev–Trinajstić information content (AvgIpc) is 3.29. The van der Waals surface area contributed by atoms with Gasteiger partial charge in [0, 0.05) is 31.0 Å². The summed E-state index contributed by atoms with van der Waals surface area (Å²) >= 11 is 0. The molecule has 1 aliphatic rings. The molecule has 7 heteroatoms. The monoisotopic (exact) mass is 373 g/mol. The molecule has 2 heterocycles. The van der Waals surface area contributed by atoms with Gasteiger partial charge in [-0.1, -0.05) is 25.9 Å². The van der Waals surface area contributed by atoms with Gasteiger partial charge in [0.15, 0.2) is 11.5 Å². The van der Waals surface area contributed by atoms with E-state index in [0.717, 1.165) is 17.7 Å². The van der Waals surface area contributed by atoms with Gasteiger partial charge in [0.25, 0.3) is 0 Å². The van der Waals surface area contributed by atoms with Crippen LogP contribution in [0.1, 0.15) is 46.4 Å². The molecule has 0 aliphatic carbocycles. The Kier molecular flexibility index (Phi) is 5.98. The highest BCUT2D eigenvalue weighted by atomic mass is 16.7. The number of carbonyl (C=O) groups excluding carboxylic acids is 1. The predicted octanol–water partition coefficient (Wildman–Crippen LogP) is 3.68. The molecule has 1 unspecified atom stereocenters. The van der Waals surface area contributed by atoms with E-state index in [9.17, 15) is 4.79 Å². The van der Waals surface area contributed by atoms with E-state index in [1.54, 1.807) is 0 Å². The third kappa shape index (κ3) is 4.59. The molecule has 1 aliphatic heterocycles. The highest BCUT2D eigenvalue weighted by molar-refractivity contribution is 5.76. The molecule has 0 N–H and O–H groups in total. The minimum absolute atomic E-state index is 0.176. The van der Waals surface area contributed by atoms with Crippen LogP contribution in [-0.2, 0) is 11.2 Å². The van der Waals surface area contributed by atoms with Crippen LogP contribution in [0, 0.1) is 5.92 Å². The van der Waals surface area contributed by atoms with Crippen LogP contribution in [-0.4, -0.2) is 40.3 Å². The van der Waals surface area contributed by atoms with Gasteiger partial charge in [-0.3, -0.25) is 4.79 Å². The molecule has 2 aromatic rings. The summed E-state index contributed by atoms with van der Waals surface area (Å²) < 4.78 is 16.1. The van der Waals surface area contributed by atoms with Crippen molar-refractivity contribution in [2.24, 2.45) is 5.92 Å². The summed E-state index contributed by atoms with van der Waals surface area (Å²) in [6.45, 7) is 9.08. The SMILES string of the molecule is CCC(C)N(CCc1nc(-c2ccc3c(c2)OCO3)no1)C(=O)CC(C)C. The van der Waals surface area contributed by atoms with Crippen LogP contribution in [0.15, 0.2) is 22.7 Å². The number of ether oxygens (including phenoxy) is 2. The van der Waals surface area contributed by atoms with E-state index >= 15 is 0 Å². The first-order valence-electron chi connectivity index (χ1n) is 9.50. The molecule has 1 amide bonds. The molecule has 3 rings (SSSR count). The van der Waals surface area contributed by atoms with Gasteiger partial charge in [-0.2, -0.15) is 4.98 Å². The van der Waals surface area contributed by atoms with Crippen LogP contribution >= 0.6 is 0 Å². The summed E-state index contributed by atoms with van der Waals surface area (Å²) in [5, 5.41) is 4.06. The van der Waals surface area contributed by atoms with Crippen molar-refractivity contribution in [3.8, 4) is 22.9 Å². The van der Waals surface area contributed by atoms with Crippen molar-refractivity contribution in [2.45, 2.75) is 53.0 Å². The van der Waals surface area contributed by atoms with Crippen LogP contribution in [0.2, 0.25) is 0 Å². The fraction of sp³-hybridized carbons (Fsp3) is 0.550. The summed E-state index contributed by atoms with van der Waals surface area (Å²) in [5.41, 5.74) is 0.809. The van der Waals surface area contributed by atoms with Crippen LogP contribution in [0.3, 0.4) is 0 Å². The third-order valence-electron chi connectivity index (χ3n) is 4.69. The zero-order valence-corrected chi connectivity index (χ0v) is 16.4. The van der Waals surface area contributed by atoms with E-state index < -0.39 is 0 Å². The molecule has 0 spiro atoms. The molecule has 0 bridgehead atoms. The summed E-state index contributed by atoms with van der Waals surface area (Å²) in [5.74, 6) is 2.94. The van der Waals surface area contributed by atoms with Crippen molar-refractivity contribution in [2.75, 3.05) is 13.3 Å². The second kappa shape index (κ2) is 8.41. The molecule has 146 valence electrons. The smallest absolute Gasteiger partial charge is 0.231 e. The largest absolute Gasteiger partial charge is 0.454 e. The molecule has 1 aromatic carbocycles. The highest BCUT2D eigenvalue weighted by Gasteiger charge is 2.21. The van der Waals surface area contributed by atoms with Crippen molar-refractivity contribution in [1.29, 1.82) is 0 Å². The molecule has 0 radical (unpaired) electrons. The molecular formula is C20H27N3O4. The number of aromatic nitrogens is 2. The van der Waals surface area contributed by atoms with Gasteiger partial charge < -0.3 is 18.9 Å². The number of rotatable bonds is 8. The van der Waals surface area contributed by atoms with Gasteiger partial charge in [-0.05, 0) is 37.5 Å². The maximum Gasteiger partial charge on any atom is 0.231 e. The first-order valence-corrected chi connectivity index (χ1v) is 9.50. The van der Waals surface area contributed by atoms with Crippen LogP contribution in [0.5, 0.6) is 11.5 Å². The van der Waals surface area contributed by atoms with Gasteiger partial charge in [0.2, 0.25) is 24.4 Å². The van der Waals surface area contributed by atoms with Gasteiger partial charge in [-0.15, -0.1) is 0 Å². The molecule has 0 saturated carbocycles. The summed E-state index contributed by atoms with van der Waals surface area (Å²) in [4.78, 5) is 18.9. The topological polar surface area (TPSA) is 77.7 Å². The second-order valence-electron chi connectivity index (χ2n) is 7.27. The van der Waals surface area contributed by atoms with Crippen molar-refractivity contribution in [1.82, 2.24) is 15.0 Å². The predicted molar refractivity (Wildman–Crippen MR) is 100 cm³/mol. The van der Waals surface area contributed by atoms with Gasteiger partial charge in [0.1, 0.15) is 0 Å². The Hall–Kier alpha value is -2.57.